The number of nitrogen functional groups attached to an aromatic ring is 1. The average molecular weight is 280 g/mol. The minimum Gasteiger partial charge on any atom is -0.489 e. The van der Waals surface area contributed by atoms with E-state index >= 15 is 0 Å². The van der Waals surface area contributed by atoms with Crippen molar-refractivity contribution in [2.24, 2.45) is 5.92 Å². The Labute approximate surface area is 122 Å². The van der Waals surface area contributed by atoms with Gasteiger partial charge >= 0.3 is 0 Å². The van der Waals surface area contributed by atoms with Crippen LogP contribution in [0.2, 0.25) is 0 Å². The fourth-order valence-electron chi connectivity index (χ4n) is 2.04. The first-order valence-electron chi connectivity index (χ1n) is 7.24. The Bertz CT molecular complexity index is 405. The van der Waals surface area contributed by atoms with Crippen molar-refractivity contribution in [2.45, 2.75) is 33.8 Å². The van der Waals surface area contributed by atoms with Crippen LogP contribution >= 0.6 is 0 Å². The molecule has 0 saturated heterocycles. The molecule has 114 valence electrons. The van der Waals surface area contributed by atoms with Crippen molar-refractivity contribution >= 4 is 11.4 Å². The van der Waals surface area contributed by atoms with E-state index in [0.717, 1.165) is 24.5 Å². The number of ether oxygens (including phenoxy) is 2. The van der Waals surface area contributed by atoms with Crippen LogP contribution in [-0.4, -0.2) is 32.9 Å². The Hall–Kier alpha value is -1.42. The molecule has 1 rings (SSSR count). The molecule has 0 bridgehead atoms. The molecule has 0 atom stereocenters. The highest BCUT2D eigenvalue weighted by Crippen LogP contribution is 2.29. The molecular weight excluding hydrogens is 252 g/mol. The first-order valence-corrected chi connectivity index (χ1v) is 7.24. The molecule has 20 heavy (non-hydrogen) atoms. The van der Waals surface area contributed by atoms with E-state index in [1.165, 1.54) is 0 Å². The summed E-state index contributed by atoms with van der Waals surface area (Å²) in [5, 5.41) is 0. The van der Waals surface area contributed by atoms with Crippen LogP contribution in [0.25, 0.3) is 0 Å². The Balaban J connectivity index is 2.94. The molecule has 0 fully saturated rings. The van der Waals surface area contributed by atoms with Crippen LogP contribution < -0.4 is 15.4 Å². The predicted molar refractivity (Wildman–Crippen MR) is 85.5 cm³/mol. The van der Waals surface area contributed by atoms with Gasteiger partial charge in [-0.1, -0.05) is 13.8 Å². The largest absolute Gasteiger partial charge is 0.489 e. The molecule has 0 heterocycles. The maximum absolute atomic E-state index is 5.97. The molecule has 1 aromatic rings. The standard InChI is InChI=1S/C16H28N2O2/c1-12(2)11-18(8-9-19-5)14-6-7-15(17)16(10-14)20-13(3)4/h6-7,10,12-13H,8-9,11,17H2,1-5H3. The lowest BCUT2D eigenvalue weighted by atomic mass is 10.1. The normalized spacial score (nSPS) is 11.2. The summed E-state index contributed by atoms with van der Waals surface area (Å²) in [5.41, 5.74) is 7.78. The molecule has 4 heteroatoms. The number of methoxy groups -OCH3 is 1. The van der Waals surface area contributed by atoms with Crippen LogP contribution in [0.1, 0.15) is 27.7 Å². The highest BCUT2D eigenvalue weighted by Gasteiger charge is 2.12. The van der Waals surface area contributed by atoms with Crippen LogP contribution in [0.4, 0.5) is 11.4 Å². The lowest BCUT2D eigenvalue weighted by Crippen LogP contribution is -2.31. The summed E-state index contributed by atoms with van der Waals surface area (Å²) in [5.74, 6) is 1.34. The third kappa shape index (κ3) is 5.29. The molecule has 0 radical (unpaired) electrons. The van der Waals surface area contributed by atoms with Gasteiger partial charge in [0.1, 0.15) is 5.75 Å². The average Bonchev–Trinajstić information content (AvgIpc) is 2.36. The number of nitrogens with two attached hydrogens (primary N) is 1. The highest BCUT2D eigenvalue weighted by molar-refractivity contribution is 5.62. The van der Waals surface area contributed by atoms with E-state index in [1.807, 2.05) is 32.0 Å². The first kappa shape index (κ1) is 16.6. The summed E-state index contributed by atoms with van der Waals surface area (Å²) >= 11 is 0. The minimum atomic E-state index is 0.116. The zero-order valence-corrected chi connectivity index (χ0v) is 13.3. The Morgan fingerprint density at radius 1 is 1.20 bits per heavy atom. The summed E-state index contributed by atoms with van der Waals surface area (Å²) in [6.45, 7) is 11.0. The first-order chi connectivity index (χ1) is 9.43. The second kappa shape index (κ2) is 8.00. The summed E-state index contributed by atoms with van der Waals surface area (Å²) in [6, 6.07) is 5.97. The predicted octanol–water partition coefficient (Wildman–Crippen LogP) is 3.16. The van der Waals surface area contributed by atoms with Crippen molar-refractivity contribution in [2.75, 3.05) is 37.4 Å². The smallest absolute Gasteiger partial charge is 0.144 e. The molecule has 2 N–H and O–H groups in total. The fraction of sp³-hybridized carbons (Fsp3) is 0.625. The molecule has 0 amide bonds. The molecule has 0 aromatic heterocycles. The van der Waals surface area contributed by atoms with Crippen LogP contribution in [0.3, 0.4) is 0 Å². The topological polar surface area (TPSA) is 47.7 Å². The molecular formula is C16H28N2O2. The molecule has 1 aromatic carbocycles. The lowest BCUT2D eigenvalue weighted by molar-refractivity contribution is 0.204. The van der Waals surface area contributed by atoms with E-state index < -0.39 is 0 Å². The van der Waals surface area contributed by atoms with E-state index in [0.29, 0.717) is 18.2 Å². The van der Waals surface area contributed by atoms with Gasteiger partial charge in [-0.3, -0.25) is 0 Å². The van der Waals surface area contributed by atoms with Gasteiger partial charge in [-0.25, -0.2) is 0 Å². The molecule has 0 aliphatic heterocycles. The fourth-order valence-corrected chi connectivity index (χ4v) is 2.04. The minimum absolute atomic E-state index is 0.116. The number of nitrogens with zero attached hydrogens (tertiary/aromatic N) is 1. The van der Waals surface area contributed by atoms with Gasteiger partial charge in [-0.15, -0.1) is 0 Å². The molecule has 0 unspecified atom stereocenters. The van der Waals surface area contributed by atoms with Crippen molar-refractivity contribution in [3.8, 4) is 5.75 Å². The zero-order chi connectivity index (χ0) is 15.1. The number of anilines is 2. The van der Waals surface area contributed by atoms with Crippen molar-refractivity contribution in [1.29, 1.82) is 0 Å². The van der Waals surface area contributed by atoms with Crippen molar-refractivity contribution in [3.63, 3.8) is 0 Å². The lowest BCUT2D eigenvalue weighted by Gasteiger charge is -2.27. The third-order valence-corrected chi connectivity index (χ3v) is 2.88. The van der Waals surface area contributed by atoms with Gasteiger partial charge in [0.2, 0.25) is 0 Å². The van der Waals surface area contributed by atoms with Gasteiger partial charge in [0, 0.05) is 32.0 Å². The maximum Gasteiger partial charge on any atom is 0.144 e. The number of hydrogen-bond acceptors (Lipinski definition) is 4. The Kier molecular flexibility index (Phi) is 6.65. The van der Waals surface area contributed by atoms with Crippen LogP contribution in [0, 0.1) is 5.92 Å². The number of hydrogen-bond donors (Lipinski definition) is 1. The number of rotatable bonds is 8. The van der Waals surface area contributed by atoms with E-state index in [2.05, 4.69) is 18.7 Å². The van der Waals surface area contributed by atoms with Crippen LogP contribution in [-0.2, 0) is 4.74 Å². The van der Waals surface area contributed by atoms with Gasteiger partial charge in [0.25, 0.3) is 0 Å². The van der Waals surface area contributed by atoms with Gasteiger partial charge in [0.15, 0.2) is 0 Å². The van der Waals surface area contributed by atoms with Crippen LogP contribution in [0.15, 0.2) is 18.2 Å². The summed E-state index contributed by atoms with van der Waals surface area (Å²) in [4.78, 5) is 2.31. The van der Waals surface area contributed by atoms with Crippen LogP contribution in [0.5, 0.6) is 5.75 Å². The van der Waals surface area contributed by atoms with E-state index in [4.69, 9.17) is 15.2 Å². The summed E-state index contributed by atoms with van der Waals surface area (Å²) in [6.07, 6.45) is 0.116. The van der Waals surface area contributed by atoms with E-state index in [-0.39, 0.29) is 6.10 Å². The molecule has 0 aliphatic carbocycles. The molecule has 0 spiro atoms. The van der Waals surface area contributed by atoms with E-state index in [9.17, 15) is 0 Å². The molecule has 0 saturated carbocycles. The summed E-state index contributed by atoms with van der Waals surface area (Å²) in [7, 11) is 1.73. The molecule has 4 nitrogen and oxygen atoms in total. The quantitative estimate of drug-likeness (QED) is 0.743. The number of benzene rings is 1. The second-order valence-electron chi connectivity index (χ2n) is 5.72. The van der Waals surface area contributed by atoms with Crippen molar-refractivity contribution in [3.05, 3.63) is 18.2 Å². The van der Waals surface area contributed by atoms with E-state index in [1.54, 1.807) is 7.11 Å². The molecule has 0 aliphatic rings. The SMILES string of the molecule is COCCN(CC(C)C)c1ccc(N)c(OC(C)C)c1. The zero-order valence-electron chi connectivity index (χ0n) is 13.3. The monoisotopic (exact) mass is 280 g/mol. The Morgan fingerprint density at radius 2 is 1.90 bits per heavy atom. The second-order valence-corrected chi connectivity index (χ2v) is 5.72. The third-order valence-electron chi connectivity index (χ3n) is 2.88. The summed E-state index contributed by atoms with van der Waals surface area (Å²) < 4.78 is 11.0. The van der Waals surface area contributed by atoms with Crippen molar-refractivity contribution in [1.82, 2.24) is 0 Å². The van der Waals surface area contributed by atoms with Gasteiger partial charge in [-0.05, 0) is 31.9 Å². The maximum atomic E-state index is 5.97. The Morgan fingerprint density at radius 3 is 2.45 bits per heavy atom. The van der Waals surface area contributed by atoms with Gasteiger partial charge in [0.05, 0.1) is 18.4 Å². The van der Waals surface area contributed by atoms with Gasteiger partial charge < -0.3 is 20.1 Å². The highest BCUT2D eigenvalue weighted by atomic mass is 16.5. The van der Waals surface area contributed by atoms with Crippen molar-refractivity contribution < 1.29 is 9.47 Å². The van der Waals surface area contributed by atoms with Gasteiger partial charge in [-0.2, -0.15) is 0 Å².